The second kappa shape index (κ2) is 6.27. The number of nitrogens with zero attached hydrogens (tertiary/aromatic N) is 1. The summed E-state index contributed by atoms with van der Waals surface area (Å²) in [5, 5.41) is 3.90. The highest BCUT2D eigenvalue weighted by Crippen LogP contribution is 2.53. The van der Waals surface area contributed by atoms with E-state index in [-0.39, 0.29) is 0 Å². The van der Waals surface area contributed by atoms with Gasteiger partial charge in [-0.05, 0) is 101 Å². The molecule has 2 aliphatic heterocycles. The highest BCUT2D eigenvalue weighted by molar-refractivity contribution is 5.70. The fourth-order valence-corrected chi connectivity index (χ4v) is 6.79. The molecule has 2 saturated carbocycles. The molecule has 4 atom stereocenters. The van der Waals surface area contributed by atoms with E-state index in [0.717, 1.165) is 36.1 Å². The van der Waals surface area contributed by atoms with Crippen LogP contribution in [0.3, 0.4) is 0 Å². The SMILES string of the molecule is C1=NCC1C1=CCC(C2CCC(C3CCC34CCCN4)CC2)CC1. The molecular formula is C22H34N2. The Balaban J connectivity index is 1.14. The van der Waals surface area contributed by atoms with Crippen molar-refractivity contribution in [2.45, 2.75) is 76.2 Å². The summed E-state index contributed by atoms with van der Waals surface area (Å²) < 4.78 is 0. The van der Waals surface area contributed by atoms with E-state index < -0.39 is 0 Å². The maximum atomic E-state index is 4.28. The average molecular weight is 327 g/mol. The van der Waals surface area contributed by atoms with Gasteiger partial charge in [-0.1, -0.05) is 11.6 Å². The van der Waals surface area contributed by atoms with Crippen molar-refractivity contribution in [1.82, 2.24) is 5.32 Å². The van der Waals surface area contributed by atoms with Gasteiger partial charge >= 0.3 is 0 Å². The Hall–Kier alpha value is -0.630. The van der Waals surface area contributed by atoms with Crippen molar-refractivity contribution < 1.29 is 0 Å². The molecule has 0 radical (unpaired) electrons. The van der Waals surface area contributed by atoms with Crippen molar-refractivity contribution in [3.63, 3.8) is 0 Å². The minimum Gasteiger partial charge on any atom is -0.311 e. The van der Waals surface area contributed by atoms with Gasteiger partial charge in [-0.2, -0.15) is 0 Å². The van der Waals surface area contributed by atoms with Crippen LogP contribution in [0.4, 0.5) is 0 Å². The molecule has 0 aromatic rings. The van der Waals surface area contributed by atoms with E-state index >= 15 is 0 Å². The molecule has 0 amide bonds. The van der Waals surface area contributed by atoms with Gasteiger partial charge in [-0.15, -0.1) is 0 Å². The highest BCUT2D eigenvalue weighted by atomic mass is 15.0. The molecule has 132 valence electrons. The first-order valence-electron chi connectivity index (χ1n) is 10.8. The summed E-state index contributed by atoms with van der Waals surface area (Å²) in [6, 6.07) is 0. The molecule has 3 aliphatic carbocycles. The first-order chi connectivity index (χ1) is 11.8. The van der Waals surface area contributed by atoms with Crippen LogP contribution in [0.25, 0.3) is 0 Å². The first kappa shape index (κ1) is 15.6. The lowest BCUT2D eigenvalue weighted by Crippen LogP contribution is -2.57. The largest absolute Gasteiger partial charge is 0.311 e. The van der Waals surface area contributed by atoms with Crippen LogP contribution in [0.1, 0.15) is 70.6 Å². The van der Waals surface area contributed by atoms with E-state index in [0.29, 0.717) is 5.54 Å². The Labute approximate surface area is 147 Å². The molecule has 2 nitrogen and oxygen atoms in total. The second-order valence-corrected chi connectivity index (χ2v) is 9.44. The van der Waals surface area contributed by atoms with Crippen LogP contribution in [-0.4, -0.2) is 24.8 Å². The third-order valence-corrected chi connectivity index (χ3v) is 8.49. The van der Waals surface area contributed by atoms with E-state index in [9.17, 15) is 0 Å². The van der Waals surface area contributed by atoms with Crippen LogP contribution < -0.4 is 5.32 Å². The van der Waals surface area contributed by atoms with E-state index in [1.54, 1.807) is 5.57 Å². The molecule has 2 heteroatoms. The van der Waals surface area contributed by atoms with Crippen LogP contribution in [0, 0.1) is 29.6 Å². The molecule has 4 unspecified atom stereocenters. The van der Waals surface area contributed by atoms with E-state index in [1.165, 1.54) is 77.2 Å². The summed E-state index contributed by atoms with van der Waals surface area (Å²) in [4.78, 5) is 4.28. The summed E-state index contributed by atoms with van der Waals surface area (Å²) in [6.07, 6.45) is 20.9. The second-order valence-electron chi connectivity index (χ2n) is 9.44. The Morgan fingerprint density at radius 1 is 0.958 bits per heavy atom. The van der Waals surface area contributed by atoms with Gasteiger partial charge in [-0.25, -0.2) is 0 Å². The van der Waals surface area contributed by atoms with Gasteiger partial charge in [0.2, 0.25) is 0 Å². The van der Waals surface area contributed by atoms with Crippen LogP contribution >= 0.6 is 0 Å². The maximum absolute atomic E-state index is 4.28. The summed E-state index contributed by atoms with van der Waals surface area (Å²) in [5.41, 5.74) is 2.31. The Morgan fingerprint density at radius 3 is 2.33 bits per heavy atom. The summed E-state index contributed by atoms with van der Waals surface area (Å²) in [6.45, 7) is 2.35. The zero-order valence-electron chi connectivity index (χ0n) is 15.2. The molecule has 5 rings (SSSR count). The van der Waals surface area contributed by atoms with Crippen LogP contribution in [0.5, 0.6) is 0 Å². The third kappa shape index (κ3) is 2.60. The number of nitrogens with one attached hydrogen (secondary N) is 1. The lowest BCUT2D eigenvalue weighted by molar-refractivity contribution is 0.0194. The molecule has 0 aromatic carbocycles. The standard InChI is InChI=1S/C22H34N2/c1-11-22(24-13-1)12-10-21(22)19-8-6-17(7-9-19)16-2-4-18(5-3-16)20-14-23-15-20/h4,14,16-17,19-21,24H,1-3,5-13,15H2. The van der Waals surface area contributed by atoms with Crippen molar-refractivity contribution in [2.24, 2.45) is 34.6 Å². The van der Waals surface area contributed by atoms with E-state index in [1.807, 2.05) is 0 Å². The van der Waals surface area contributed by atoms with Crippen molar-refractivity contribution in [3.8, 4) is 0 Å². The topological polar surface area (TPSA) is 24.4 Å². The summed E-state index contributed by atoms with van der Waals surface area (Å²) >= 11 is 0. The van der Waals surface area contributed by atoms with Gasteiger partial charge in [0.1, 0.15) is 0 Å². The Bertz CT molecular complexity index is 520. The molecule has 2 heterocycles. The van der Waals surface area contributed by atoms with Crippen molar-refractivity contribution >= 4 is 6.21 Å². The number of aliphatic imine (C=N–C) groups is 1. The fourth-order valence-electron chi connectivity index (χ4n) is 6.79. The summed E-state index contributed by atoms with van der Waals surface area (Å²) in [5.74, 6) is 4.81. The summed E-state index contributed by atoms with van der Waals surface area (Å²) in [7, 11) is 0. The maximum Gasteiger partial charge on any atom is 0.0500 e. The molecule has 3 fully saturated rings. The lowest BCUT2D eigenvalue weighted by atomic mass is 9.56. The van der Waals surface area contributed by atoms with Gasteiger partial charge in [0.25, 0.3) is 0 Å². The molecule has 0 aromatic heterocycles. The molecule has 1 saturated heterocycles. The van der Waals surface area contributed by atoms with Gasteiger partial charge in [0.05, 0.1) is 6.54 Å². The monoisotopic (exact) mass is 326 g/mol. The third-order valence-electron chi connectivity index (χ3n) is 8.49. The van der Waals surface area contributed by atoms with Crippen molar-refractivity contribution in [1.29, 1.82) is 0 Å². The molecular weight excluding hydrogens is 292 g/mol. The molecule has 5 aliphatic rings. The lowest BCUT2D eigenvalue weighted by Gasteiger charge is -2.53. The van der Waals surface area contributed by atoms with Crippen molar-refractivity contribution in [3.05, 3.63) is 11.6 Å². The Kier molecular flexibility index (Phi) is 4.08. The number of hydrogen-bond donors (Lipinski definition) is 1. The highest BCUT2D eigenvalue weighted by Gasteiger charge is 2.51. The average Bonchev–Trinajstić information content (AvgIpc) is 3.06. The number of hydrogen-bond acceptors (Lipinski definition) is 2. The van der Waals surface area contributed by atoms with E-state index in [4.69, 9.17) is 0 Å². The van der Waals surface area contributed by atoms with Gasteiger partial charge in [0, 0.05) is 17.7 Å². The Morgan fingerprint density at radius 2 is 1.79 bits per heavy atom. The number of allylic oxidation sites excluding steroid dienone is 1. The first-order valence-corrected chi connectivity index (χ1v) is 10.8. The van der Waals surface area contributed by atoms with Crippen LogP contribution in [-0.2, 0) is 0 Å². The fraction of sp³-hybridized carbons (Fsp3) is 0.864. The quantitative estimate of drug-likeness (QED) is 0.744. The number of rotatable bonds is 3. The molecule has 24 heavy (non-hydrogen) atoms. The smallest absolute Gasteiger partial charge is 0.0500 e. The van der Waals surface area contributed by atoms with Gasteiger partial charge < -0.3 is 5.32 Å². The molecule has 1 spiro atoms. The van der Waals surface area contributed by atoms with Gasteiger partial charge in [0.15, 0.2) is 0 Å². The predicted molar refractivity (Wildman–Crippen MR) is 100 cm³/mol. The predicted octanol–water partition coefficient (Wildman–Crippen LogP) is 4.75. The van der Waals surface area contributed by atoms with Gasteiger partial charge in [-0.3, -0.25) is 4.99 Å². The van der Waals surface area contributed by atoms with Crippen molar-refractivity contribution in [2.75, 3.05) is 13.1 Å². The minimum absolute atomic E-state index is 0.601. The zero-order valence-corrected chi connectivity index (χ0v) is 15.2. The normalized spacial score (nSPS) is 48.0. The zero-order chi connectivity index (χ0) is 16.0. The molecule has 0 bridgehead atoms. The van der Waals surface area contributed by atoms with E-state index in [2.05, 4.69) is 22.6 Å². The minimum atomic E-state index is 0.601. The van der Waals surface area contributed by atoms with Crippen LogP contribution in [0.15, 0.2) is 16.6 Å². The van der Waals surface area contributed by atoms with Crippen LogP contribution in [0.2, 0.25) is 0 Å². The molecule has 1 N–H and O–H groups in total.